The molecule has 0 aliphatic rings. The van der Waals surface area contributed by atoms with Gasteiger partial charge in [-0.15, -0.1) is 0 Å². The summed E-state index contributed by atoms with van der Waals surface area (Å²) in [6.45, 7) is 4.48. The molecule has 2 heteroatoms. The van der Waals surface area contributed by atoms with Crippen molar-refractivity contribution in [2.45, 2.75) is 24.5 Å². The van der Waals surface area contributed by atoms with Gasteiger partial charge in [-0.1, -0.05) is 0 Å². The zero-order chi connectivity index (χ0) is 4.12. The molecular formula is C4H10NaSe+. The molecule has 0 unspecified atom stereocenters. The predicted molar refractivity (Wildman–Crippen MR) is 26.7 cm³/mol. The molecule has 32 valence electrons. The molecule has 6 heavy (non-hydrogen) atoms. The monoisotopic (exact) mass is 161 g/mol. The van der Waals surface area contributed by atoms with Crippen LogP contribution in [-0.2, 0) is 0 Å². The first-order valence-corrected chi connectivity index (χ1v) is 4.41. The van der Waals surface area contributed by atoms with Crippen molar-refractivity contribution in [1.29, 1.82) is 0 Å². The summed E-state index contributed by atoms with van der Waals surface area (Å²) < 4.78 is 0. The van der Waals surface area contributed by atoms with Crippen LogP contribution in [0.2, 0.25) is 10.6 Å². The molecule has 0 heterocycles. The minimum Gasteiger partial charge on any atom is 1.00 e. The maximum absolute atomic E-state index is 2.24. The van der Waals surface area contributed by atoms with Crippen LogP contribution in [0.15, 0.2) is 0 Å². The Morgan fingerprint density at radius 3 is 1.50 bits per heavy atom. The van der Waals surface area contributed by atoms with Gasteiger partial charge in [0.25, 0.3) is 0 Å². The van der Waals surface area contributed by atoms with E-state index in [1.165, 1.54) is 10.6 Å². The minimum atomic E-state index is 0. The normalized spacial score (nSPS) is 7.00. The smallest absolute Gasteiger partial charge is 1.00 e. The van der Waals surface area contributed by atoms with Crippen molar-refractivity contribution in [3.8, 4) is 0 Å². The van der Waals surface area contributed by atoms with E-state index in [1.54, 1.807) is 0 Å². The first-order valence-electron chi connectivity index (χ1n) is 1.99. The summed E-state index contributed by atoms with van der Waals surface area (Å²) in [6, 6.07) is 0. The van der Waals surface area contributed by atoms with Crippen LogP contribution in [-0.4, -0.2) is 15.0 Å². The van der Waals surface area contributed by atoms with Gasteiger partial charge in [-0.25, -0.2) is 0 Å². The topological polar surface area (TPSA) is 0 Å². The van der Waals surface area contributed by atoms with E-state index in [0.29, 0.717) is 0 Å². The standard InChI is InChI=1S/C4H10Se.Na/c1-3-5-4-2;/h3-4H2,1-2H3;/q;+1. The van der Waals surface area contributed by atoms with Gasteiger partial charge in [0.05, 0.1) is 0 Å². The summed E-state index contributed by atoms with van der Waals surface area (Å²) >= 11 is 0.958. The molecule has 0 aromatic heterocycles. The molecule has 0 aromatic rings. The molecular weight excluding hydrogens is 150 g/mol. The van der Waals surface area contributed by atoms with Gasteiger partial charge >= 0.3 is 69.0 Å². The molecule has 0 fully saturated rings. The maximum atomic E-state index is 2.24. The quantitative estimate of drug-likeness (QED) is 0.434. The molecule has 0 aliphatic carbocycles. The van der Waals surface area contributed by atoms with E-state index >= 15 is 0 Å². The van der Waals surface area contributed by atoms with Crippen LogP contribution in [0, 0.1) is 0 Å². The Hall–Kier alpha value is 1.52. The van der Waals surface area contributed by atoms with Crippen LogP contribution in [0.4, 0.5) is 0 Å². The Labute approximate surface area is 68.5 Å². The van der Waals surface area contributed by atoms with Gasteiger partial charge in [0.15, 0.2) is 0 Å². The van der Waals surface area contributed by atoms with Gasteiger partial charge in [-0.3, -0.25) is 0 Å². The fourth-order valence-corrected chi connectivity index (χ4v) is 1.06. The van der Waals surface area contributed by atoms with Crippen LogP contribution >= 0.6 is 0 Å². The molecule has 0 aromatic carbocycles. The number of hydrogen-bond donors (Lipinski definition) is 0. The van der Waals surface area contributed by atoms with Crippen molar-refractivity contribution in [1.82, 2.24) is 0 Å². The minimum absolute atomic E-state index is 0. The Bertz CT molecular complexity index is 15.0. The second kappa shape index (κ2) is 9.72. The van der Waals surface area contributed by atoms with Crippen molar-refractivity contribution in [3.63, 3.8) is 0 Å². The van der Waals surface area contributed by atoms with E-state index in [1.807, 2.05) is 0 Å². The number of rotatable bonds is 2. The van der Waals surface area contributed by atoms with Crippen molar-refractivity contribution in [2.24, 2.45) is 0 Å². The van der Waals surface area contributed by atoms with Crippen molar-refractivity contribution in [3.05, 3.63) is 0 Å². The zero-order valence-electron chi connectivity index (χ0n) is 4.82. The van der Waals surface area contributed by atoms with Crippen LogP contribution < -0.4 is 29.6 Å². The van der Waals surface area contributed by atoms with Crippen molar-refractivity contribution < 1.29 is 29.6 Å². The second-order valence-electron chi connectivity index (χ2n) is 0.781. The van der Waals surface area contributed by atoms with Crippen molar-refractivity contribution in [2.75, 3.05) is 0 Å². The molecule has 0 N–H and O–H groups in total. The fraction of sp³-hybridized carbons (Fsp3) is 1.00. The summed E-state index contributed by atoms with van der Waals surface area (Å²) in [5, 5.41) is 2.81. The first kappa shape index (κ1) is 10.5. The van der Waals surface area contributed by atoms with E-state index in [4.69, 9.17) is 0 Å². The zero-order valence-corrected chi connectivity index (χ0v) is 8.54. The van der Waals surface area contributed by atoms with E-state index in [2.05, 4.69) is 13.8 Å². The Balaban J connectivity index is 0. The summed E-state index contributed by atoms with van der Waals surface area (Å²) in [5.41, 5.74) is 0. The third-order valence-corrected chi connectivity index (χ3v) is 2.12. The Morgan fingerprint density at radius 1 is 1.17 bits per heavy atom. The van der Waals surface area contributed by atoms with Gasteiger partial charge in [0, 0.05) is 0 Å². The summed E-state index contributed by atoms with van der Waals surface area (Å²) in [5.74, 6) is 0. The van der Waals surface area contributed by atoms with Crippen LogP contribution in [0.3, 0.4) is 0 Å². The molecule has 0 rings (SSSR count). The second-order valence-corrected chi connectivity index (χ2v) is 4.06. The van der Waals surface area contributed by atoms with Crippen LogP contribution in [0.5, 0.6) is 0 Å². The van der Waals surface area contributed by atoms with Gasteiger partial charge in [0.1, 0.15) is 0 Å². The third-order valence-electron chi connectivity index (χ3n) is 0.408. The van der Waals surface area contributed by atoms with Crippen molar-refractivity contribution >= 4 is 15.0 Å². The average molecular weight is 160 g/mol. The Kier molecular flexibility index (Phi) is 17.0. The molecule has 0 radical (unpaired) electrons. The fourth-order valence-electron chi connectivity index (χ4n) is 0.204. The summed E-state index contributed by atoms with van der Waals surface area (Å²) in [6.07, 6.45) is 0. The maximum Gasteiger partial charge on any atom is 1.00 e. The van der Waals surface area contributed by atoms with Crippen LogP contribution in [0.25, 0.3) is 0 Å². The Morgan fingerprint density at radius 2 is 1.50 bits per heavy atom. The predicted octanol–water partition coefficient (Wildman–Crippen LogP) is -1.43. The molecule has 0 atom stereocenters. The summed E-state index contributed by atoms with van der Waals surface area (Å²) in [4.78, 5) is 0. The van der Waals surface area contributed by atoms with E-state index in [9.17, 15) is 0 Å². The largest absolute Gasteiger partial charge is 1.00 e. The van der Waals surface area contributed by atoms with Gasteiger partial charge < -0.3 is 0 Å². The molecule has 0 spiro atoms. The van der Waals surface area contributed by atoms with E-state index in [-0.39, 0.29) is 29.6 Å². The van der Waals surface area contributed by atoms with Crippen LogP contribution in [0.1, 0.15) is 13.8 Å². The summed E-state index contributed by atoms with van der Waals surface area (Å²) in [7, 11) is 0. The molecule has 0 aliphatic heterocycles. The molecule has 0 amide bonds. The van der Waals surface area contributed by atoms with E-state index < -0.39 is 0 Å². The number of hydrogen-bond acceptors (Lipinski definition) is 0. The van der Waals surface area contributed by atoms with Gasteiger partial charge in [0.2, 0.25) is 0 Å². The molecule has 0 saturated carbocycles. The average Bonchev–Trinajstić information content (AvgIpc) is 1.41. The first-order chi connectivity index (χ1) is 2.41. The van der Waals surface area contributed by atoms with Gasteiger partial charge in [-0.2, -0.15) is 0 Å². The SMILES string of the molecule is CC[Se]CC.[Na+]. The third kappa shape index (κ3) is 9.10. The molecule has 0 bridgehead atoms. The van der Waals surface area contributed by atoms with E-state index in [0.717, 1.165) is 15.0 Å². The molecule has 0 saturated heterocycles. The van der Waals surface area contributed by atoms with Gasteiger partial charge in [-0.05, 0) is 0 Å². The molecule has 0 nitrogen and oxygen atoms in total.